The third-order valence-electron chi connectivity index (χ3n) is 3.18. The van der Waals surface area contributed by atoms with Gasteiger partial charge in [-0.2, -0.15) is 0 Å². The molecule has 0 aromatic heterocycles. The zero-order valence-corrected chi connectivity index (χ0v) is 9.29. The van der Waals surface area contributed by atoms with Gasteiger partial charge in [0.25, 0.3) is 0 Å². The van der Waals surface area contributed by atoms with Crippen LogP contribution in [0.5, 0.6) is 0 Å². The molecule has 0 N–H and O–H groups in total. The molecular weight excluding hydrogens is 183 g/mol. The quantitative estimate of drug-likeness (QED) is 0.573. The maximum atomic E-state index is 2.48. The molecular formula is C11H19NaSi. The van der Waals surface area contributed by atoms with Crippen LogP contribution in [-0.2, 0) is 0 Å². The molecule has 2 aliphatic carbocycles. The predicted octanol–water partition coefficient (Wildman–Crippen LogP) is 2.64. The van der Waals surface area contributed by atoms with E-state index in [1.807, 2.05) is 5.57 Å². The van der Waals surface area contributed by atoms with E-state index in [4.69, 9.17) is 0 Å². The van der Waals surface area contributed by atoms with E-state index >= 15 is 0 Å². The van der Waals surface area contributed by atoms with Gasteiger partial charge in [-0.15, -0.1) is 0 Å². The molecule has 0 heterocycles. The van der Waals surface area contributed by atoms with E-state index in [-0.39, 0.29) is 29.6 Å². The van der Waals surface area contributed by atoms with Gasteiger partial charge in [0, 0.05) is 8.80 Å². The third-order valence-corrected chi connectivity index (χ3v) is 5.24. The third kappa shape index (κ3) is 2.38. The van der Waals surface area contributed by atoms with Crippen LogP contribution >= 0.6 is 0 Å². The van der Waals surface area contributed by atoms with Gasteiger partial charge in [0.2, 0.25) is 0 Å². The number of hydrogen-bond donors (Lipinski definition) is 0. The van der Waals surface area contributed by atoms with Crippen molar-refractivity contribution in [1.29, 1.82) is 0 Å². The Bertz CT molecular complexity index is 240. The molecule has 0 nitrogen and oxygen atoms in total. The minimum atomic E-state index is -0.462. The molecule has 0 saturated heterocycles. The van der Waals surface area contributed by atoms with E-state index in [0.29, 0.717) is 0 Å². The summed E-state index contributed by atoms with van der Waals surface area (Å²) in [7, 11) is -0.462. The van der Waals surface area contributed by atoms with Gasteiger partial charge in [-0.25, -0.2) is 0 Å². The van der Waals surface area contributed by atoms with Crippen LogP contribution < -0.4 is 0 Å². The molecule has 2 aliphatic rings. The van der Waals surface area contributed by atoms with Gasteiger partial charge < -0.3 is 0 Å². The molecule has 0 saturated carbocycles. The Morgan fingerprint density at radius 3 is 2.62 bits per heavy atom. The van der Waals surface area contributed by atoms with Gasteiger partial charge in [0.1, 0.15) is 0 Å². The first-order valence-electron chi connectivity index (χ1n) is 5.19. The fraction of sp³-hybridized carbons (Fsp3) is 0.636. The van der Waals surface area contributed by atoms with Crippen LogP contribution in [0, 0.1) is 0 Å². The minimum absolute atomic E-state index is 0. The Kier molecular flexibility index (Phi) is 4.50. The summed E-state index contributed by atoms with van der Waals surface area (Å²) in [5, 5.41) is 0. The van der Waals surface area contributed by atoms with Crippen LogP contribution in [-0.4, -0.2) is 38.4 Å². The van der Waals surface area contributed by atoms with Gasteiger partial charge in [-0.3, -0.25) is 0 Å². The molecule has 2 rings (SSSR count). The summed E-state index contributed by atoms with van der Waals surface area (Å²) in [6.45, 7) is 4.94. The molecule has 0 aromatic carbocycles. The average Bonchev–Trinajstić information content (AvgIpc) is 2.47. The van der Waals surface area contributed by atoms with Gasteiger partial charge in [0.05, 0.1) is 0 Å². The Hall–Kier alpha value is 0.697. The molecule has 0 aliphatic heterocycles. The average molecular weight is 202 g/mol. The van der Waals surface area contributed by atoms with Crippen LogP contribution in [0.15, 0.2) is 23.3 Å². The van der Waals surface area contributed by atoms with Gasteiger partial charge in [-0.05, 0) is 36.8 Å². The molecule has 0 spiro atoms. The van der Waals surface area contributed by atoms with Crippen molar-refractivity contribution < 1.29 is 0 Å². The van der Waals surface area contributed by atoms with Crippen LogP contribution in [0.1, 0.15) is 25.7 Å². The van der Waals surface area contributed by atoms with Gasteiger partial charge in [0.15, 0.2) is 0 Å². The molecule has 13 heavy (non-hydrogen) atoms. The normalized spacial score (nSPS) is 26.2. The van der Waals surface area contributed by atoms with Crippen molar-refractivity contribution in [3.63, 3.8) is 0 Å². The topological polar surface area (TPSA) is 0 Å². The zero-order valence-electron chi connectivity index (χ0n) is 8.14. The first kappa shape index (κ1) is 11.8. The molecule has 0 bridgehead atoms. The molecule has 0 amide bonds. The predicted molar refractivity (Wildman–Crippen MR) is 64.4 cm³/mol. The van der Waals surface area contributed by atoms with Crippen LogP contribution in [0.2, 0.25) is 18.6 Å². The van der Waals surface area contributed by atoms with Gasteiger partial charge >= 0.3 is 29.6 Å². The Morgan fingerprint density at radius 1 is 1.23 bits per heavy atom. The summed E-state index contributed by atoms with van der Waals surface area (Å²) in [5.74, 6) is 0. The van der Waals surface area contributed by atoms with E-state index in [1.165, 1.54) is 25.7 Å². The number of rotatable bonds is 1. The van der Waals surface area contributed by atoms with Crippen molar-refractivity contribution in [3.8, 4) is 0 Å². The monoisotopic (exact) mass is 202 g/mol. The SMILES string of the molecule is C[SiH](C)C1C=CC2=C1CCCC2.[NaH]. The second-order valence-corrected chi connectivity index (χ2v) is 7.59. The first-order valence-corrected chi connectivity index (χ1v) is 8.17. The van der Waals surface area contributed by atoms with Crippen LogP contribution in [0.25, 0.3) is 0 Å². The summed E-state index contributed by atoms with van der Waals surface area (Å²) < 4.78 is 0. The summed E-state index contributed by atoms with van der Waals surface area (Å²) in [6, 6.07) is 0. The van der Waals surface area contributed by atoms with E-state index in [2.05, 4.69) is 25.2 Å². The van der Waals surface area contributed by atoms with Crippen molar-refractivity contribution >= 4 is 38.4 Å². The fourth-order valence-corrected chi connectivity index (χ4v) is 4.22. The van der Waals surface area contributed by atoms with Gasteiger partial charge in [-0.1, -0.05) is 30.8 Å². The van der Waals surface area contributed by atoms with E-state index in [9.17, 15) is 0 Å². The Morgan fingerprint density at radius 2 is 1.92 bits per heavy atom. The molecule has 1 unspecified atom stereocenters. The second-order valence-electron chi connectivity index (χ2n) is 4.39. The van der Waals surface area contributed by atoms with Crippen LogP contribution in [0.4, 0.5) is 0 Å². The van der Waals surface area contributed by atoms with E-state index in [1.54, 1.807) is 5.57 Å². The summed E-state index contributed by atoms with van der Waals surface area (Å²) >= 11 is 0. The standard InChI is InChI=1S/C11H18Si.Na.H/c1-12(2)11-8-7-9-5-3-4-6-10(9)11;;/h7-8,11-12H,3-6H2,1-2H3;;. The van der Waals surface area contributed by atoms with Crippen molar-refractivity contribution in [2.75, 3.05) is 0 Å². The van der Waals surface area contributed by atoms with Crippen molar-refractivity contribution in [1.82, 2.24) is 0 Å². The van der Waals surface area contributed by atoms with Crippen molar-refractivity contribution in [3.05, 3.63) is 23.3 Å². The fourth-order valence-electron chi connectivity index (χ4n) is 2.48. The molecule has 68 valence electrons. The summed E-state index contributed by atoms with van der Waals surface area (Å²) in [5.41, 5.74) is 4.44. The maximum absolute atomic E-state index is 2.48. The van der Waals surface area contributed by atoms with Crippen LogP contribution in [0.3, 0.4) is 0 Å². The first-order chi connectivity index (χ1) is 5.79. The molecule has 0 radical (unpaired) electrons. The molecule has 0 aromatic rings. The van der Waals surface area contributed by atoms with Crippen molar-refractivity contribution in [2.24, 2.45) is 0 Å². The molecule has 0 fully saturated rings. The number of allylic oxidation sites excluding steroid dienone is 4. The summed E-state index contributed by atoms with van der Waals surface area (Å²) in [4.78, 5) is 0. The second kappa shape index (κ2) is 4.97. The van der Waals surface area contributed by atoms with E-state index < -0.39 is 8.80 Å². The number of hydrogen-bond acceptors (Lipinski definition) is 0. The molecule has 1 atom stereocenters. The summed E-state index contributed by atoms with van der Waals surface area (Å²) in [6.07, 6.45) is 10.5. The zero-order chi connectivity index (χ0) is 8.55. The molecule has 2 heteroatoms. The van der Waals surface area contributed by atoms with Crippen molar-refractivity contribution in [2.45, 2.75) is 44.3 Å². The Labute approximate surface area is 105 Å². The van der Waals surface area contributed by atoms with E-state index in [0.717, 1.165) is 5.54 Å². The Balaban J connectivity index is 0.000000845.